The number of likely N-dealkylation sites (N-methyl/N-ethyl adjacent to an activating group) is 1. The zero-order chi connectivity index (χ0) is 42.7. The van der Waals surface area contributed by atoms with Crippen LogP contribution in [0.4, 0.5) is 28.9 Å². The lowest BCUT2D eigenvalue weighted by Crippen LogP contribution is -2.41. The van der Waals surface area contributed by atoms with Crippen LogP contribution < -0.4 is 10.6 Å². The molecule has 12 nitrogen and oxygen atoms in total. The second-order valence-electron chi connectivity index (χ2n) is 15.9. The van der Waals surface area contributed by atoms with Crippen molar-refractivity contribution in [3.05, 3.63) is 101 Å². The highest BCUT2D eigenvalue weighted by molar-refractivity contribution is 7.91. The first kappa shape index (κ1) is 42.6. The van der Waals surface area contributed by atoms with Gasteiger partial charge in [0, 0.05) is 93.8 Å². The maximum Gasteiger partial charge on any atom is 0.272 e. The van der Waals surface area contributed by atoms with Crippen LogP contribution in [0.3, 0.4) is 0 Å². The maximum atomic E-state index is 15.4. The molecule has 1 saturated carbocycles. The number of aliphatic hydroxyl groups excluding tert-OH is 1. The molecule has 4 heterocycles. The summed E-state index contributed by atoms with van der Waals surface area (Å²) in [7, 11) is 0.148. The quantitative estimate of drug-likeness (QED) is 0.112. The molecule has 3 aliphatic rings. The predicted molar refractivity (Wildman–Crippen MR) is 220 cm³/mol. The summed E-state index contributed by atoms with van der Waals surface area (Å²) < 4.78 is 102. The second kappa shape index (κ2) is 16.2. The highest BCUT2D eigenvalue weighted by atomic mass is 32.2. The molecule has 318 valence electrons. The molecular formula is C41H50F4N8O4S2. The lowest BCUT2D eigenvalue weighted by molar-refractivity contribution is 0.101. The Hall–Kier alpha value is -4.49. The van der Waals surface area contributed by atoms with Crippen molar-refractivity contribution in [3.8, 4) is 0 Å². The summed E-state index contributed by atoms with van der Waals surface area (Å²) in [5, 5.41) is 17.5. The van der Waals surface area contributed by atoms with Crippen LogP contribution in [0.2, 0.25) is 0 Å². The Kier molecular flexibility index (Phi) is 11.7. The summed E-state index contributed by atoms with van der Waals surface area (Å²) >= 11 is 0. The summed E-state index contributed by atoms with van der Waals surface area (Å²) in [6, 6.07) is 5.51. The number of halogens is 4. The lowest BCUT2D eigenvalue weighted by atomic mass is 9.95. The number of anilines is 2. The van der Waals surface area contributed by atoms with Crippen LogP contribution in [-0.2, 0) is 39.8 Å². The number of aryl methyl sites for hydroxylation is 1. The van der Waals surface area contributed by atoms with Crippen molar-refractivity contribution in [2.75, 3.05) is 31.8 Å². The number of nitrogens with zero attached hydrogens (tertiary/aromatic N) is 6. The second-order valence-corrected chi connectivity index (χ2v) is 20.5. The molecule has 1 aliphatic carbocycles. The average molecular weight is 859 g/mol. The van der Waals surface area contributed by atoms with Crippen LogP contribution in [0.15, 0.2) is 73.4 Å². The molecule has 2 aliphatic heterocycles. The third-order valence-electron chi connectivity index (χ3n) is 11.5. The van der Waals surface area contributed by atoms with E-state index in [2.05, 4.69) is 15.0 Å². The first-order valence-corrected chi connectivity index (χ1v) is 22.4. The monoisotopic (exact) mass is 858 g/mol. The molecule has 0 saturated heterocycles. The molecule has 0 radical (unpaired) electrons. The van der Waals surface area contributed by atoms with Crippen molar-refractivity contribution in [2.45, 2.75) is 87.1 Å². The number of nitrogens with one attached hydrogen (secondary N) is 2. The zero-order valence-corrected chi connectivity index (χ0v) is 35.6. The van der Waals surface area contributed by atoms with Gasteiger partial charge in [-0.15, -0.1) is 0 Å². The van der Waals surface area contributed by atoms with E-state index in [4.69, 9.17) is 4.36 Å². The van der Waals surface area contributed by atoms with E-state index in [1.807, 2.05) is 32.9 Å². The highest BCUT2D eigenvalue weighted by Crippen LogP contribution is 2.41. The Balaban J connectivity index is 1.28. The summed E-state index contributed by atoms with van der Waals surface area (Å²) in [5.74, 6) is -5.11. The van der Waals surface area contributed by atoms with Crippen molar-refractivity contribution in [1.29, 1.82) is 0 Å². The third kappa shape index (κ3) is 7.85. The number of carbonyl (C=O) groups excluding carboxylic acids is 1. The van der Waals surface area contributed by atoms with Crippen molar-refractivity contribution in [2.24, 2.45) is 27.6 Å². The summed E-state index contributed by atoms with van der Waals surface area (Å²) in [4.78, 5) is 14.6. The van der Waals surface area contributed by atoms with Gasteiger partial charge in [-0.1, -0.05) is 32.9 Å². The number of aliphatic hydroxyl groups is 1. The van der Waals surface area contributed by atoms with Gasteiger partial charge < -0.3 is 24.9 Å². The number of carbonyl (C=O) groups is 1. The van der Waals surface area contributed by atoms with Crippen LogP contribution in [0.1, 0.15) is 73.6 Å². The van der Waals surface area contributed by atoms with Gasteiger partial charge in [0.1, 0.15) is 25.5 Å². The first-order chi connectivity index (χ1) is 27.9. The maximum absolute atomic E-state index is 15.4. The molecule has 4 unspecified atom stereocenters. The van der Waals surface area contributed by atoms with Gasteiger partial charge in [0.25, 0.3) is 5.91 Å². The van der Waals surface area contributed by atoms with E-state index in [-0.39, 0.29) is 47.5 Å². The Bertz CT molecular complexity index is 2590. The molecule has 3 N–H and O–H groups in total. The minimum Gasteiger partial charge on any atom is -0.368 e. The first-order valence-electron chi connectivity index (χ1n) is 19.5. The number of aromatic nitrogens is 2. The normalized spacial score (nSPS) is 24.5. The molecule has 6 atom stereocenters. The zero-order valence-electron chi connectivity index (χ0n) is 34.0. The number of fused-ring (bicyclic) bond motifs is 2. The summed E-state index contributed by atoms with van der Waals surface area (Å²) in [6.07, 6.45) is 7.96. The third-order valence-corrected chi connectivity index (χ3v) is 16.5. The molecule has 1 amide bonds. The summed E-state index contributed by atoms with van der Waals surface area (Å²) in [6.45, 7) is 6.22. The van der Waals surface area contributed by atoms with Gasteiger partial charge in [-0.25, -0.2) is 43.3 Å². The van der Waals surface area contributed by atoms with Crippen LogP contribution in [0, 0.1) is 35.1 Å². The van der Waals surface area contributed by atoms with Crippen LogP contribution in [0.5, 0.6) is 0 Å². The van der Waals surface area contributed by atoms with Crippen LogP contribution in [0.25, 0.3) is 6.08 Å². The van der Waals surface area contributed by atoms with Gasteiger partial charge in [-0.05, 0) is 61.8 Å². The Morgan fingerprint density at radius 3 is 2.14 bits per heavy atom. The van der Waals surface area contributed by atoms with Gasteiger partial charge in [0.05, 0.1) is 21.5 Å². The molecule has 4 aromatic rings. The molecule has 1 fully saturated rings. The standard InChI is InChI=1S/C41H50F4N8O4S2/c1-23(2)34-16-12-29-37(58(56,46-4)51(34)6)22-53(39(29)41(55)48-27-11-15-31(43)33(45)19-27)20-24(3)35-17-13-28-36(59(57,52(35)7)49-25-8-9-25)21-50(5)38(28)40(54)47-26-10-14-30(42)32(44)18-26/h10-12,14-16,18-19,21-25,34-35,41,48,55H,8-9,13,17,20H2,1-7H3,(H,47,54)/t24?,34-,35-,41?,58?,59?/m1/s1. The van der Waals surface area contributed by atoms with E-state index in [1.165, 1.54) is 19.2 Å². The molecule has 7 rings (SSSR count). The Morgan fingerprint density at radius 2 is 1.53 bits per heavy atom. The van der Waals surface area contributed by atoms with Crippen molar-refractivity contribution < 1.29 is 35.9 Å². The lowest BCUT2D eigenvalue weighted by Gasteiger charge is -2.33. The highest BCUT2D eigenvalue weighted by Gasteiger charge is 2.41. The number of amides is 1. The van der Waals surface area contributed by atoms with E-state index in [1.54, 1.807) is 51.3 Å². The molecule has 0 bridgehead atoms. The van der Waals surface area contributed by atoms with Gasteiger partial charge in [0.2, 0.25) is 0 Å². The van der Waals surface area contributed by atoms with E-state index in [0.717, 1.165) is 37.1 Å². The van der Waals surface area contributed by atoms with E-state index >= 15 is 4.21 Å². The fourth-order valence-corrected chi connectivity index (χ4v) is 13.1. The van der Waals surface area contributed by atoms with Gasteiger partial charge in [-0.2, -0.15) is 0 Å². The fraction of sp³-hybridized carbons (Fsp3) is 0.439. The van der Waals surface area contributed by atoms with Gasteiger partial charge in [0.15, 0.2) is 29.5 Å². The van der Waals surface area contributed by atoms with Crippen LogP contribution in [-0.4, -0.2) is 76.4 Å². The minimum atomic E-state index is -3.30. The Morgan fingerprint density at radius 1 is 0.881 bits per heavy atom. The smallest absolute Gasteiger partial charge is 0.272 e. The average Bonchev–Trinajstić information content (AvgIpc) is 3.86. The van der Waals surface area contributed by atoms with E-state index in [0.29, 0.717) is 39.5 Å². The van der Waals surface area contributed by atoms with E-state index < -0.39 is 61.3 Å². The number of hydrogen-bond acceptors (Lipinski definition) is 7. The van der Waals surface area contributed by atoms with Crippen LogP contribution >= 0.6 is 0 Å². The number of rotatable bonds is 10. The minimum absolute atomic E-state index is 0.0623. The Labute approximate surface area is 342 Å². The fourth-order valence-electron chi connectivity index (χ4n) is 8.29. The van der Waals surface area contributed by atoms with Crippen molar-refractivity contribution in [3.63, 3.8) is 0 Å². The number of benzene rings is 2. The SMILES string of the molecule is CN=S1(=O)c2cn(CC(C)[C@H]3CCc4c(cn(C)c4C(=O)Nc4ccc(F)c(F)c4)S(=O)(=NC4CC4)N3C)c(C(O)Nc3ccc(F)c(F)c3)c2C=C[C@H](C(C)C)N1C. The van der Waals surface area contributed by atoms with Gasteiger partial charge in [-0.3, -0.25) is 4.79 Å². The molecule has 0 spiro atoms. The largest absolute Gasteiger partial charge is 0.368 e. The topological polar surface area (TPSA) is 137 Å². The van der Waals surface area contributed by atoms with Gasteiger partial charge >= 0.3 is 0 Å². The molecule has 18 heteroatoms. The molecule has 59 heavy (non-hydrogen) atoms. The predicted octanol–water partition coefficient (Wildman–Crippen LogP) is 7.58. The molecule has 2 aromatic carbocycles. The summed E-state index contributed by atoms with van der Waals surface area (Å²) in [5.41, 5.74) is 1.74. The number of hydrogen-bond donors (Lipinski definition) is 3. The van der Waals surface area contributed by atoms with Crippen molar-refractivity contribution >= 4 is 43.2 Å². The molecule has 2 aromatic heterocycles. The van der Waals surface area contributed by atoms with Crippen molar-refractivity contribution in [1.82, 2.24) is 17.7 Å². The molecular weight excluding hydrogens is 809 g/mol. The van der Waals surface area contributed by atoms with E-state index in [9.17, 15) is 31.7 Å².